The van der Waals surface area contributed by atoms with Gasteiger partial charge < -0.3 is 15.4 Å². The lowest BCUT2D eigenvalue weighted by Gasteiger charge is -2.37. The Morgan fingerprint density at radius 3 is 2.60 bits per heavy atom. The van der Waals surface area contributed by atoms with Gasteiger partial charge in [0.2, 0.25) is 5.91 Å². The number of morpholine rings is 1. The molecule has 1 aromatic heterocycles. The molecule has 4 rings (SSSR count). The Morgan fingerprint density at radius 2 is 1.93 bits per heavy atom. The summed E-state index contributed by atoms with van der Waals surface area (Å²) in [7, 11) is 1.89. The lowest BCUT2D eigenvalue weighted by Crippen LogP contribution is -2.54. The van der Waals surface area contributed by atoms with E-state index in [0.717, 1.165) is 0 Å². The summed E-state index contributed by atoms with van der Waals surface area (Å²) >= 11 is 0. The summed E-state index contributed by atoms with van der Waals surface area (Å²) in [6, 6.07) is 5.01. The minimum absolute atomic E-state index is 0.0528. The van der Waals surface area contributed by atoms with Crippen molar-refractivity contribution in [1.82, 2.24) is 14.4 Å². The molecule has 30 heavy (non-hydrogen) atoms. The van der Waals surface area contributed by atoms with E-state index in [1.165, 1.54) is 28.8 Å². The summed E-state index contributed by atoms with van der Waals surface area (Å²) in [6.45, 7) is 2.24. The third-order valence-electron chi connectivity index (χ3n) is 5.74. The zero-order chi connectivity index (χ0) is 21.4. The van der Waals surface area contributed by atoms with Crippen LogP contribution in [0.5, 0.6) is 0 Å². The predicted octanol–water partition coefficient (Wildman–Crippen LogP) is 0.291. The number of fused-ring (bicyclic) bond motifs is 1. The summed E-state index contributed by atoms with van der Waals surface area (Å²) in [5, 5.41) is 0. The molecule has 2 aromatic rings. The van der Waals surface area contributed by atoms with E-state index in [1.807, 2.05) is 11.9 Å². The maximum Gasteiger partial charge on any atom is 0.268 e. The first-order valence-electron chi connectivity index (χ1n) is 9.76. The molecule has 2 amide bonds. The third-order valence-corrected chi connectivity index (χ3v) is 5.74. The molecule has 1 saturated heterocycles. The van der Waals surface area contributed by atoms with E-state index < -0.39 is 17.3 Å². The SMILES string of the molecule is CN1CCOC[C@H]1C(=O)N1CCc2c(cn(-c3ccc(F)cc3)c(=O)c2C(N)=O)C1. The monoisotopic (exact) mass is 414 g/mol. The molecule has 1 fully saturated rings. The van der Waals surface area contributed by atoms with E-state index in [4.69, 9.17) is 10.5 Å². The van der Waals surface area contributed by atoms with Gasteiger partial charge in [-0.1, -0.05) is 0 Å². The second-order valence-electron chi connectivity index (χ2n) is 7.60. The maximum absolute atomic E-state index is 13.3. The smallest absolute Gasteiger partial charge is 0.268 e. The number of primary amides is 1. The summed E-state index contributed by atoms with van der Waals surface area (Å²) in [5.41, 5.74) is 6.55. The summed E-state index contributed by atoms with van der Waals surface area (Å²) in [5.74, 6) is -1.30. The van der Waals surface area contributed by atoms with Gasteiger partial charge in [0.25, 0.3) is 11.5 Å². The highest BCUT2D eigenvalue weighted by atomic mass is 19.1. The van der Waals surface area contributed by atoms with E-state index in [-0.39, 0.29) is 24.1 Å². The molecular formula is C21H23FN4O4. The quantitative estimate of drug-likeness (QED) is 0.779. The number of aromatic nitrogens is 1. The van der Waals surface area contributed by atoms with Crippen LogP contribution in [-0.4, -0.2) is 65.6 Å². The van der Waals surface area contributed by atoms with Crippen LogP contribution in [0.25, 0.3) is 5.69 Å². The van der Waals surface area contributed by atoms with Crippen LogP contribution in [0, 0.1) is 5.82 Å². The molecule has 0 aliphatic carbocycles. The standard InChI is InChI=1S/C21H23FN4O4/c1-24-8-9-30-12-17(24)20(28)25-7-6-16-13(10-25)11-26(21(29)18(16)19(23)27)15-4-2-14(22)3-5-15/h2-5,11,17H,6-10,12H2,1H3,(H2,23,27)/t17-/m0/s1. The summed E-state index contributed by atoms with van der Waals surface area (Å²) in [4.78, 5) is 41.8. The minimum Gasteiger partial charge on any atom is -0.378 e. The van der Waals surface area contributed by atoms with Crippen molar-refractivity contribution in [2.45, 2.75) is 19.0 Å². The molecule has 0 spiro atoms. The molecule has 2 N–H and O–H groups in total. The fourth-order valence-corrected chi connectivity index (χ4v) is 4.05. The zero-order valence-electron chi connectivity index (χ0n) is 16.6. The number of carbonyl (C=O) groups is 2. The first-order chi connectivity index (χ1) is 14.4. The van der Waals surface area contributed by atoms with Crippen molar-refractivity contribution in [2.24, 2.45) is 5.73 Å². The van der Waals surface area contributed by atoms with Gasteiger partial charge in [-0.05, 0) is 48.9 Å². The summed E-state index contributed by atoms with van der Waals surface area (Å²) in [6.07, 6.45) is 1.97. The third kappa shape index (κ3) is 3.61. The van der Waals surface area contributed by atoms with Gasteiger partial charge in [-0.2, -0.15) is 0 Å². The number of halogens is 1. The fraction of sp³-hybridized carbons (Fsp3) is 0.381. The van der Waals surface area contributed by atoms with Crippen LogP contribution in [0.4, 0.5) is 4.39 Å². The Balaban J connectivity index is 1.72. The minimum atomic E-state index is -0.812. The van der Waals surface area contributed by atoms with Crippen molar-refractivity contribution >= 4 is 11.8 Å². The molecule has 1 aromatic carbocycles. The topological polar surface area (TPSA) is 97.9 Å². The Hall–Kier alpha value is -3.04. The van der Waals surface area contributed by atoms with Crippen LogP contribution >= 0.6 is 0 Å². The van der Waals surface area contributed by atoms with Crippen molar-refractivity contribution in [3.8, 4) is 5.69 Å². The number of ether oxygens (including phenoxy) is 1. The van der Waals surface area contributed by atoms with Gasteiger partial charge in [-0.25, -0.2) is 4.39 Å². The van der Waals surface area contributed by atoms with E-state index in [2.05, 4.69) is 0 Å². The van der Waals surface area contributed by atoms with Gasteiger partial charge in [-0.15, -0.1) is 0 Å². The van der Waals surface area contributed by atoms with Gasteiger partial charge in [0.05, 0.1) is 13.2 Å². The molecule has 2 aliphatic rings. The number of amides is 2. The molecule has 2 aliphatic heterocycles. The van der Waals surface area contributed by atoms with Gasteiger partial charge >= 0.3 is 0 Å². The second-order valence-corrected chi connectivity index (χ2v) is 7.60. The Bertz CT molecular complexity index is 1050. The normalized spacial score (nSPS) is 19.4. The molecule has 0 saturated carbocycles. The van der Waals surface area contributed by atoms with Gasteiger partial charge in [0, 0.05) is 31.5 Å². The van der Waals surface area contributed by atoms with Crippen LogP contribution in [-0.2, 0) is 22.5 Å². The number of carbonyl (C=O) groups excluding carboxylic acids is 2. The largest absolute Gasteiger partial charge is 0.378 e. The van der Waals surface area contributed by atoms with Crippen molar-refractivity contribution in [3.63, 3.8) is 0 Å². The average Bonchev–Trinajstić information content (AvgIpc) is 2.73. The first-order valence-corrected chi connectivity index (χ1v) is 9.76. The zero-order valence-corrected chi connectivity index (χ0v) is 16.6. The molecule has 8 nitrogen and oxygen atoms in total. The highest BCUT2D eigenvalue weighted by Crippen LogP contribution is 2.23. The van der Waals surface area contributed by atoms with E-state index >= 15 is 0 Å². The molecule has 3 heterocycles. The number of likely N-dealkylation sites (N-methyl/N-ethyl adjacent to an activating group) is 1. The number of rotatable bonds is 3. The number of pyridine rings is 1. The molecule has 0 unspecified atom stereocenters. The molecular weight excluding hydrogens is 391 g/mol. The van der Waals surface area contributed by atoms with Gasteiger partial charge in [0.15, 0.2) is 0 Å². The van der Waals surface area contributed by atoms with Crippen LogP contribution in [0.2, 0.25) is 0 Å². The highest BCUT2D eigenvalue weighted by molar-refractivity contribution is 5.94. The number of hydrogen-bond acceptors (Lipinski definition) is 5. The van der Waals surface area contributed by atoms with Gasteiger partial charge in [0.1, 0.15) is 17.4 Å². The predicted molar refractivity (Wildman–Crippen MR) is 107 cm³/mol. The first kappa shape index (κ1) is 20.2. The van der Waals surface area contributed by atoms with Crippen molar-refractivity contribution in [2.75, 3.05) is 33.4 Å². The van der Waals surface area contributed by atoms with Crippen LogP contribution in [0.15, 0.2) is 35.3 Å². The van der Waals surface area contributed by atoms with Crippen molar-refractivity contribution in [1.29, 1.82) is 0 Å². The van der Waals surface area contributed by atoms with Crippen LogP contribution in [0.3, 0.4) is 0 Å². The Morgan fingerprint density at radius 1 is 1.20 bits per heavy atom. The molecule has 1 atom stereocenters. The van der Waals surface area contributed by atoms with Crippen molar-refractivity contribution < 1.29 is 18.7 Å². The number of benzene rings is 1. The lowest BCUT2D eigenvalue weighted by atomic mass is 9.95. The second kappa shape index (κ2) is 8.00. The lowest BCUT2D eigenvalue weighted by molar-refractivity contribution is -0.143. The molecule has 0 radical (unpaired) electrons. The molecule has 9 heteroatoms. The summed E-state index contributed by atoms with van der Waals surface area (Å²) < 4.78 is 20.1. The van der Waals surface area contributed by atoms with Crippen molar-refractivity contribution in [3.05, 3.63) is 63.3 Å². The molecule has 0 bridgehead atoms. The number of nitrogens with zero attached hydrogens (tertiary/aromatic N) is 3. The maximum atomic E-state index is 13.3. The van der Waals surface area contributed by atoms with E-state index in [0.29, 0.717) is 49.5 Å². The van der Waals surface area contributed by atoms with Crippen LogP contribution in [0.1, 0.15) is 21.5 Å². The van der Waals surface area contributed by atoms with E-state index in [1.54, 1.807) is 11.1 Å². The highest BCUT2D eigenvalue weighted by Gasteiger charge is 2.33. The Kier molecular flexibility index (Phi) is 5.40. The molecule has 158 valence electrons. The fourth-order valence-electron chi connectivity index (χ4n) is 4.05. The van der Waals surface area contributed by atoms with Gasteiger partial charge in [-0.3, -0.25) is 23.9 Å². The Labute approximate surface area is 172 Å². The average molecular weight is 414 g/mol. The van der Waals surface area contributed by atoms with E-state index in [9.17, 15) is 18.8 Å². The number of hydrogen-bond donors (Lipinski definition) is 1. The number of nitrogens with two attached hydrogens (primary N) is 1. The van der Waals surface area contributed by atoms with Crippen LogP contribution < -0.4 is 11.3 Å².